The van der Waals surface area contributed by atoms with Crippen LogP contribution in [0.1, 0.15) is 12.5 Å². The summed E-state index contributed by atoms with van der Waals surface area (Å²) in [4.78, 5) is 0. The van der Waals surface area contributed by atoms with E-state index in [0.29, 0.717) is 17.3 Å². The molecule has 1 aromatic heterocycles. The van der Waals surface area contributed by atoms with E-state index in [9.17, 15) is 8.42 Å². The van der Waals surface area contributed by atoms with Crippen LogP contribution in [0.4, 0.5) is 0 Å². The fourth-order valence-electron chi connectivity index (χ4n) is 0.983. The first-order chi connectivity index (χ1) is 7.49. The van der Waals surface area contributed by atoms with Gasteiger partial charge in [-0.25, -0.2) is 13.1 Å². The standard InChI is InChI=1S/C9H16N2O2S3/c1-7(14-2)5-11-16(12,13)9-3-8(4-10)6-15-9/h3,6-7,11H,4-5,10H2,1-2H3. The van der Waals surface area contributed by atoms with E-state index >= 15 is 0 Å². The summed E-state index contributed by atoms with van der Waals surface area (Å²) >= 11 is 2.83. The second-order valence-electron chi connectivity index (χ2n) is 3.38. The van der Waals surface area contributed by atoms with Gasteiger partial charge in [-0.2, -0.15) is 11.8 Å². The Hall–Kier alpha value is -0.0800. The largest absolute Gasteiger partial charge is 0.326 e. The van der Waals surface area contributed by atoms with Gasteiger partial charge in [-0.15, -0.1) is 11.3 Å². The smallest absolute Gasteiger partial charge is 0.250 e. The average molecular weight is 280 g/mol. The molecular weight excluding hydrogens is 264 g/mol. The van der Waals surface area contributed by atoms with Crippen LogP contribution in [0.5, 0.6) is 0 Å². The molecule has 0 amide bonds. The minimum Gasteiger partial charge on any atom is -0.326 e. The van der Waals surface area contributed by atoms with Crippen molar-refractivity contribution in [2.75, 3.05) is 12.8 Å². The lowest BCUT2D eigenvalue weighted by Gasteiger charge is -2.09. The number of nitrogens with two attached hydrogens (primary N) is 1. The quantitative estimate of drug-likeness (QED) is 0.822. The molecule has 0 radical (unpaired) electrons. The van der Waals surface area contributed by atoms with Gasteiger partial charge in [0.1, 0.15) is 4.21 Å². The van der Waals surface area contributed by atoms with Crippen molar-refractivity contribution in [2.45, 2.75) is 22.9 Å². The van der Waals surface area contributed by atoms with Crippen LogP contribution in [0.3, 0.4) is 0 Å². The maximum Gasteiger partial charge on any atom is 0.250 e. The van der Waals surface area contributed by atoms with Gasteiger partial charge >= 0.3 is 0 Å². The van der Waals surface area contributed by atoms with Crippen molar-refractivity contribution >= 4 is 33.1 Å². The number of hydrogen-bond donors (Lipinski definition) is 2. The monoisotopic (exact) mass is 280 g/mol. The van der Waals surface area contributed by atoms with Gasteiger partial charge in [0.15, 0.2) is 0 Å². The molecular formula is C9H16N2O2S3. The molecule has 1 rings (SSSR count). The maximum atomic E-state index is 11.8. The van der Waals surface area contributed by atoms with Gasteiger partial charge in [-0.1, -0.05) is 6.92 Å². The van der Waals surface area contributed by atoms with Crippen LogP contribution in [-0.2, 0) is 16.6 Å². The highest BCUT2D eigenvalue weighted by atomic mass is 32.2. The van der Waals surface area contributed by atoms with Gasteiger partial charge in [0.05, 0.1) is 0 Å². The number of rotatable bonds is 6. The zero-order chi connectivity index (χ0) is 12.2. The Kier molecular flexibility index (Phi) is 5.26. The molecule has 0 saturated carbocycles. The topological polar surface area (TPSA) is 72.2 Å². The van der Waals surface area contributed by atoms with Crippen LogP contribution >= 0.6 is 23.1 Å². The van der Waals surface area contributed by atoms with Gasteiger partial charge in [0.25, 0.3) is 0 Å². The van der Waals surface area contributed by atoms with Gasteiger partial charge in [0.2, 0.25) is 10.0 Å². The van der Waals surface area contributed by atoms with Crippen LogP contribution in [0.2, 0.25) is 0 Å². The maximum absolute atomic E-state index is 11.8. The lowest BCUT2D eigenvalue weighted by atomic mass is 10.4. The molecule has 0 aliphatic heterocycles. The van der Waals surface area contributed by atoms with Crippen LogP contribution in [0.15, 0.2) is 15.7 Å². The molecule has 7 heteroatoms. The van der Waals surface area contributed by atoms with Crippen molar-refractivity contribution in [3.63, 3.8) is 0 Å². The Morgan fingerprint density at radius 1 is 1.62 bits per heavy atom. The zero-order valence-electron chi connectivity index (χ0n) is 9.26. The highest BCUT2D eigenvalue weighted by Crippen LogP contribution is 2.19. The normalized spacial score (nSPS) is 13.9. The third kappa shape index (κ3) is 3.74. The molecule has 0 aromatic carbocycles. The molecule has 0 bridgehead atoms. The van der Waals surface area contributed by atoms with E-state index in [1.54, 1.807) is 23.2 Å². The number of thioether (sulfide) groups is 1. The number of hydrogen-bond acceptors (Lipinski definition) is 5. The molecule has 4 nitrogen and oxygen atoms in total. The third-order valence-electron chi connectivity index (χ3n) is 2.09. The van der Waals surface area contributed by atoms with Crippen LogP contribution in [0, 0.1) is 0 Å². The average Bonchev–Trinajstić information content (AvgIpc) is 2.75. The van der Waals surface area contributed by atoms with E-state index in [1.807, 2.05) is 13.2 Å². The van der Waals surface area contributed by atoms with Crippen LogP contribution < -0.4 is 10.5 Å². The van der Waals surface area contributed by atoms with Crippen molar-refractivity contribution in [2.24, 2.45) is 5.73 Å². The Bertz CT molecular complexity index is 428. The van der Waals surface area contributed by atoms with E-state index in [1.165, 1.54) is 11.3 Å². The molecule has 0 fully saturated rings. The van der Waals surface area contributed by atoms with Gasteiger partial charge in [-0.3, -0.25) is 0 Å². The summed E-state index contributed by atoms with van der Waals surface area (Å²) < 4.78 is 26.6. The predicted molar refractivity (Wildman–Crippen MR) is 70.4 cm³/mol. The van der Waals surface area contributed by atoms with E-state index in [2.05, 4.69) is 4.72 Å². The van der Waals surface area contributed by atoms with Crippen molar-refractivity contribution in [1.82, 2.24) is 4.72 Å². The fraction of sp³-hybridized carbons (Fsp3) is 0.556. The molecule has 92 valence electrons. The van der Waals surface area contributed by atoms with Gasteiger partial charge in [0, 0.05) is 18.3 Å². The molecule has 1 atom stereocenters. The lowest BCUT2D eigenvalue weighted by Crippen LogP contribution is -2.28. The van der Waals surface area contributed by atoms with E-state index < -0.39 is 10.0 Å². The Morgan fingerprint density at radius 2 is 2.31 bits per heavy atom. The summed E-state index contributed by atoms with van der Waals surface area (Å²) in [5.41, 5.74) is 6.29. The number of nitrogens with one attached hydrogen (secondary N) is 1. The third-order valence-corrected chi connectivity index (χ3v) is 5.98. The molecule has 1 unspecified atom stereocenters. The van der Waals surface area contributed by atoms with Gasteiger partial charge < -0.3 is 5.73 Å². The summed E-state index contributed by atoms with van der Waals surface area (Å²) in [6.07, 6.45) is 1.95. The summed E-state index contributed by atoms with van der Waals surface area (Å²) in [6.45, 7) is 2.79. The van der Waals surface area contributed by atoms with E-state index in [0.717, 1.165) is 5.56 Å². The first-order valence-corrected chi connectivity index (χ1v) is 8.44. The summed E-state index contributed by atoms with van der Waals surface area (Å²) in [5.74, 6) is 0. The molecule has 0 aliphatic carbocycles. The van der Waals surface area contributed by atoms with E-state index in [4.69, 9.17) is 5.73 Å². The van der Waals surface area contributed by atoms with Gasteiger partial charge in [-0.05, 0) is 23.3 Å². The van der Waals surface area contributed by atoms with Crippen molar-refractivity contribution in [3.05, 3.63) is 17.0 Å². The van der Waals surface area contributed by atoms with E-state index in [-0.39, 0.29) is 5.25 Å². The number of thiophene rings is 1. The van der Waals surface area contributed by atoms with Crippen molar-refractivity contribution in [1.29, 1.82) is 0 Å². The molecule has 3 N–H and O–H groups in total. The van der Waals surface area contributed by atoms with Crippen LogP contribution in [0.25, 0.3) is 0 Å². The Labute approximate surface area is 105 Å². The highest BCUT2D eigenvalue weighted by Gasteiger charge is 2.16. The number of sulfonamides is 1. The second-order valence-corrected chi connectivity index (χ2v) is 7.56. The van der Waals surface area contributed by atoms with Crippen molar-refractivity contribution in [3.8, 4) is 0 Å². The first-order valence-electron chi connectivity index (χ1n) is 4.79. The lowest BCUT2D eigenvalue weighted by molar-refractivity contribution is 0.583. The molecule has 1 aromatic rings. The second kappa shape index (κ2) is 6.02. The summed E-state index contributed by atoms with van der Waals surface area (Å²) in [6, 6.07) is 1.62. The molecule has 0 aliphatic rings. The SMILES string of the molecule is CSC(C)CNS(=O)(=O)c1cc(CN)cs1. The zero-order valence-corrected chi connectivity index (χ0v) is 11.7. The first kappa shape index (κ1) is 14.0. The molecule has 0 spiro atoms. The van der Waals surface area contributed by atoms with Crippen LogP contribution in [-0.4, -0.2) is 26.5 Å². The summed E-state index contributed by atoms with van der Waals surface area (Å²) in [7, 11) is -3.36. The molecule has 16 heavy (non-hydrogen) atoms. The van der Waals surface area contributed by atoms with Crippen molar-refractivity contribution < 1.29 is 8.42 Å². The molecule has 0 saturated heterocycles. The minimum atomic E-state index is -3.36. The summed E-state index contributed by atoms with van der Waals surface area (Å²) in [5, 5.41) is 2.04. The Morgan fingerprint density at radius 3 is 2.81 bits per heavy atom. The predicted octanol–water partition coefficient (Wildman–Crippen LogP) is 1.24. The highest BCUT2D eigenvalue weighted by molar-refractivity contribution is 7.99. The fourth-order valence-corrected chi connectivity index (χ4v) is 3.74. The molecule has 1 heterocycles. The minimum absolute atomic E-state index is 0.267. The Balaban J connectivity index is 2.70.